The number of carbonyl (C=O) groups excluding carboxylic acids is 1. The summed E-state index contributed by atoms with van der Waals surface area (Å²) in [6.45, 7) is 2.15. The van der Waals surface area contributed by atoms with Crippen molar-refractivity contribution < 1.29 is 14.7 Å². The standard InChI is InChI=1S/C12H20N2O3/c15-11(16)10-6-2-5-9-14(10)12(17)13-7-3-1-4-8-13/h10H,1-9H2,(H,15,16). The number of nitrogens with zero attached hydrogens (tertiary/aromatic N) is 2. The van der Waals surface area contributed by atoms with Crippen LogP contribution in [0.3, 0.4) is 0 Å². The largest absolute Gasteiger partial charge is 0.480 e. The van der Waals surface area contributed by atoms with Crippen molar-refractivity contribution in [2.45, 2.75) is 44.6 Å². The summed E-state index contributed by atoms with van der Waals surface area (Å²) in [4.78, 5) is 26.8. The van der Waals surface area contributed by atoms with Crippen LogP contribution in [-0.4, -0.2) is 52.6 Å². The van der Waals surface area contributed by atoms with E-state index in [9.17, 15) is 9.59 Å². The van der Waals surface area contributed by atoms with Crippen molar-refractivity contribution in [2.75, 3.05) is 19.6 Å². The number of amides is 2. The number of hydrogen-bond donors (Lipinski definition) is 1. The number of urea groups is 1. The smallest absolute Gasteiger partial charge is 0.326 e. The maximum atomic E-state index is 12.3. The fourth-order valence-electron chi connectivity index (χ4n) is 2.68. The predicted octanol–water partition coefficient (Wildman–Crippen LogP) is 1.53. The lowest BCUT2D eigenvalue weighted by molar-refractivity contribution is -0.143. The van der Waals surface area contributed by atoms with E-state index < -0.39 is 12.0 Å². The third-order valence-corrected chi connectivity index (χ3v) is 3.66. The highest BCUT2D eigenvalue weighted by Gasteiger charge is 2.34. The van der Waals surface area contributed by atoms with Crippen LogP contribution < -0.4 is 0 Å². The van der Waals surface area contributed by atoms with Crippen LogP contribution in [0.15, 0.2) is 0 Å². The van der Waals surface area contributed by atoms with Crippen molar-refractivity contribution in [1.29, 1.82) is 0 Å². The average Bonchev–Trinajstić information content (AvgIpc) is 2.39. The topological polar surface area (TPSA) is 60.9 Å². The molecule has 96 valence electrons. The molecule has 0 radical (unpaired) electrons. The van der Waals surface area contributed by atoms with Crippen molar-refractivity contribution in [3.63, 3.8) is 0 Å². The van der Waals surface area contributed by atoms with Crippen molar-refractivity contribution in [1.82, 2.24) is 9.80 Å². The summed E-state index contributed by atoms with van der Waals surface area (Å²) in [6, 6.07) is -0.685. The molecule has 0 aromatic rings. The normalized spacial score (nSPS) is 25.8. The number of carboxylic acid groups (broad SMARTS) is 1. The molecular formula is C12H20N2O3. The molecule has 0 spiro atoms. The first-order valence-corrected chi connectivity index (χ1v) is 6.48. The van der Waals surface area contributed by atoms with Gasteiger partial charge >= 0.3 is 12.0 Å². The molecule has 5 heteroatoms. The summed E-state index contributed by atoms with van der Waals surface area (Å²) in [6.07, 6.45) is 5.67. The third kappa shape index (κ3) is 2.70. The van der Waals surface area contributed by atoms with Crippen LogP contribution in [0.4, 0.5) is 4.79 Å². The van der Waals surface area contributed by atoms with Gasteiger partial charge in [-0.1, -0.05) is 0 Å². The Labute approximate surface area is 101 Å². The van der Waals surface area contributed by atoms with Crippen molar-refractivity contribution in [2.24, 2.45) is 0 Å². The van der Waals surface area contributed by atoms with Gasteiger partial charge in [0.2, 0.25) is 0 Å². The van der Waals surface area contributed by atoms with Crippen LogP contribution >= 0.6 is 0 Å². The molecule has 1 unspecified atom stereocenters. The van der Waals surface area contributed by atoms with Gasteiger partial charge in [-0.15, -0.1) is 0 Å². The molecule has 2 amide bonds. The first-order valence-electron chi connectivity index (χ1n) is 6.48. The Balaban J connectivity index is 2.02. The number of likely N-dealkylation sites (tertiary alicyclic amines) is 2. The lowest BCUT2D eigenvalue weighted by Crippen LogP contribution is -2.54. The zero-order chi connectivity index (χ0) is 12.3. The molecule has 0 bridgehead atoms. The van der Waals surface area contributed by atoms with E-state index in [4.69, 9.17) is 5.11 Å². The van der Waals surface area contributed by atoms with Crippen LogP contribution in [0.1, 0.15) is 38.5 Å². The monoisotopic (exact) mass is 240 g/mol. The maximum absolute atomic E-state index is 12.3. The summed E-state index contributed by atoms with van der Waals surface area (Å²) in [5, 5.41) is 9.14. The van der Waals surface area contributed by atoms with Crippen LogP contribution in [0.25, 0.3) is 0 Å². The number of carboxylic acids is 1. The third-order valence-electron chi connectivity index (χ3n) is 3.66. The number of carbonyl (C=O) groups is 2. The highest BCUT2D eigenvalue weighted by atomic mass is 16.4. The fourth-order valence-corrected chi connectivity index (χ4v) is 2.68. The second-order valence-corrected chi connectivity index (χ2v) is 4.87. The maximum Gasteiger partial charge on any atom is 0.326 e. The molecule has 5 nitrogen and oxygen atoms in total. The Kier molecular flexibility index (Phi) is 3.86. The minimum Gasteiger partial charge on any atom is -0.480 e. The van der Waals surface area contributed by atoms with E-state index in [1.54, 1.807) is 4.90 Å². The molecule has 17 heavy (non-hydrogen) atoms. The van der Waals surface area contributed by atoms with E-state index in [-0.39, 0.29) is 6.03 Å². The van der Waals surface area contributed by atoms with Crippen molar-refractivity contribution in [3.8, 4) is 0 Å². The lowest BCUT2D eigenvalue weighted by atomic mass is 10.0. The van der Waals surface area contributed by atoms with Crippen LogP contribution in [-0.2, 0) is 4.79 Å². The highest BCUT2D eigenvalue weighted by molar-refractivity contribution is 5.83. The molecule has 2 aliphatic rings. The average molecular weight is 240 g/mol. The minimum absolute atomic E-state index is 0.0724. The zero-order valence-corrected chi connectivity index (χ0v) is 10.1. The van der Waals surface area contributed by atoms with Gasteiger partial charge in [0.1, 0.15) is 6.04 Å². The Morgan fingerprint density at radius 2 is 1.59 bits per heavy atom. The van der Waals surface area contributed by atoms with Crippen molar-refractivity contribution >= 4 is 12.0 Å². The van der Waals surface area contributed by atoms with E-state index in [1.165, 1.54) is 6.42 Å². The molecule has 2 saturated heterocycles. The van der Waals surface area contributed by atoms with Crippen molar-refractivity contribution in [3.05, 3.63) is 0 Å². The van der Waals surface area contributed by atoms with Gasteiger partial charge in [-0.2, -0.15) is 0 Å². The van der Waals surface area contributed by atoms with Gasteiger partial charge in [-0.25, -0.2) is 9.59 Å². The second-order valence-electron chi connectivity index (χ2n) is 4.87. The van der Waals surface area contributed by atoms with E-state index in [1.807, 2.05) is 4.90 Å². The Morgan fingerprint density at radius 1 is 0.941 bits per heavy atom. The number of hydrogen-bond acceptors (Lipinski definition) is 2. The molecule has 0 aliphatic carbocycles. The molecule has 2 rings (SSSR count). The van der Waals surface area contributed by atoms with Crippen LogP contribution in [0.2, 0.25) is 0 Å². The molecule has 0 aromatic heterocycles. The molecule has 1 atom stereocenters. The van der Waals surface area contributed by atoms with E-state index in [0.717, 1.165) is 38.8 Å². The molecular weight excluding hydrogens is 220 g/mol. The van der Waals surface area contributed by atoms with Gasteiger partial charge in [0.15, 0.2) is 0 Å². The van der Waals surface area contributed by atoms with Crippen LogP contribution in [0.5, 0.6) is 0 Å². The summed E-state index contributed by atoms with van der Waals surface area (Å²) >= 11 is 0. The van der Waals surface area contributed by atoms with E-state index in [0.29, 0.717) is 13.0 Å². The Morgan fingerprint density at radius 3 is 2.24 bits per heavy atom. The van der Waals surface area contributed by atoms with E-state index >= 15 is 0 Å². The Bertz CT molecular complexity index is 300. The SMILES string of the molecule is O=C(O)C1CCCCN1C(=O)N1CCCCC1. The Hall–Kier alpha value is -1.26. The quantitative estimate of drug-likeness (QED) is 0.756. The van der Waals surface area contributed by atoms with Gasteiger partial charge < -0.3 is 14.9 Å². The van der Waals surface area contributed by atoms with Gasteiger partial charge in [0.05, 0.1) is 0 Å². The molecule has 2 fully saturated rings. The number of rotatable bonds is 1. The zero-order valence-electron chi connectivity index (χ0n) is 10.1. The van der Waals surface area contributed by atoms with E-state index in [2.05, 4.69) is 0 Å². The van der Waals surface area contributed by atoms with Gasteiger partial charge in [-0.05, 0) is 38.5 Å². The number of piperidine rings is 2. The summed E-state index contributed by atoms with van der Waals surface area (Å²) < 4.78 is 0. The summed E-state index contributed by atoms with van der Waals surface area (Å²) in [5.74, 6) is -0.866. The summed E-state index contributed by atoms with van der Waals surface area (Å²) in [5.41, 5.74) is 0. The molecule has 0 saturated carbocycles. The minimum atomic E-state index is -0.866. The fraction of sp³-hybridized carbons (Fsp3) is 0.833. The second kappa shape index (κ2) is 5.38. The highest BCUT2D eigenvalue weighted by Crippen LogP contribution is 2.20. The summed E-state index contributed by atoms with van der Waals surface area (Å²) in [7, 11) is 0. The van der Waals surface area contributed by atoms with Crippen LogP contribution in [0, 0.1) is 0 Å². The van der Waals surface area contributed by atoms with Gasteiger partial charge in [0, 0.05) is 19.6 Å². The molecule has 0 aromatic carbocycles. The number of aliphatic carboxylic acids is 1. The first kappa shape index (κ1) is 12.2. The molecule has 1 N–H and O–H groups in total. The predicted molar refractivity (Wildman–Crippen MR) is 62.8 cm³/mol. The van der Waals surface area contributed by atoms with Gasteiger partial charge in [-0.3, -0.25) is 0 Å². The van der Waals surface area contributed by atoms with Gasteiger partial charge in [0.25, 0.3) is 0 Å². The molecule has 2 heterocycles. The lowest BCUT2D eigenvalue weighted by Gasteiger charge is -2.38. The molecule has 2 aliphatic heterocycles. The first-order chi connectivity index (χ1) is 8.20.